The Morgan fingerprint density at radius 2 is 1.76 bits per heavy atom. The van der Waals surface area contributed by atoms with E-state index in [-0.39, 0.29) is 29.5 Å². The largest absolute Gasteiger partial charge is 0.375 e. The molecule has 1 saturated heterocycles. The number of Topliss-reactive ketones (excluding diaryl/α,β-unsaturated/α-hetero) is 2. The molecule has 0 bridgehead atoms. The number of hydrogen-bond acceptors (Lipinski definition) is 6. The quantitative estimate of drug-likeness (QED) is 0.649. The maximum atomic E-state index is 13.4. The number of aryl methyl sites for hydroxylation is 2. The SMILES string of the molecule is COCC(=O)N1CCC2(CC1)CC(=O)C(c1c(C)cc(-c3ccc(C#N)cn3)cc1C)C(=O)C2. The zero-order chi connectivity index (χ0) is 24.5. The van der Waals surface area contributed by atoms with Crippen LogP contribution < -0.4 is 0 Å². The number of rotatable bonds is 4. The molecule has 7 heteroatoms. The number of carbonyl (C=O) groups excluding carboxylic acids is 3. The van der Waals surface area contributed by atoms with Crippen molar-refractivity contribution in [2.75, 3.05) is 26.8 Å². The number of nitrogens with zero attached hydrogens (tertiary/aromatic N) is 3. The predicted molar refractivity (Wildman–Crippen MR) is 126 cm³/mol. The summed E-state index contributed by atoms with van der Waals surface area (Å²) in [6.07, 6.45) is 3.60. The molecule has 2 aliphatic rings. The fraction of sp³-hybridized carbons (Fsp3) is 0.444. The second-order valence-corrected chi connectivity index (χ2v) is 9.60. The third-order valence-corrected chi connectivity index (χ3v) is 7.26. The first-order chi connectivity index (χ1) is 16.3. The van der Waals surface area contributed by atoms with Gasteiger partial charge in [-0.2, -0.15) is 5.26 Å². The third-order valence-electron chi connectivity index (χ3n) is 7.26. The Kier molecular flexibility index (Phi) is 6.63. The lowest BCUT2D eigenvalue weighted by atomic mass is 9.62. The molecule has 0 radical (unpaired) electrons. The number of piperidine rings is 1. The fourth-order valence-corrected chi connectivity index (χ4v) is 5.51. The van der Waals surface area contributed by atoms with E-state index in [2.05, 4.69) is 11.1 Å². The number of pyridine rings is 1. The Hall–Kier alpha value is -3.37. The summed E-state index contributed by atoms with van der Waals surface area (Å²) in [6.45, 7) is 5.02. The van der Waals surface area contributed by atoms with Crippen LogP contribution in [0.25, 0.3) is 11.3 Å². The van der Waals surface area contributed by atoms with E-state index in [1.807, 2.05) is 26.0 Å². The molecule has 0 unspecified atom stereocenters. The van der Waals surface area contributed by atoms with Crippen molar-refractivity contribution < 1.29 is 19.1 Å². The highest BCUT2D eigenvalue weighted by molar-refractivity contribution is 6.10. The molecule has 1 aromatic carbocycles. The number of ether oxygens (including phenoxy) is 1. The molecule has 34 heavy (non-hydrogen) atoms. The maximum Gasteiger partial charge on any atom is 0.248 e. The molecule has 4 rings (SSSR count). The van der Waals surface area contributed by atoms with Gasteiger partial charge in [0.25, 0.3) is 0 Å². The topological polar surface area (TPSA) is 100 Å². The van der Waals surface area contributed by atoms with Crippen molar-refractivity contribution in [3.63, 3.8) is 0 Å². The monoisotopic (exact) mass is 459 g/mol. The Labute approximate surface area is 199 Å². The molecule has 1 aliphatic carbocycles. The molecule has 2 aromatic rings. The Morgan fingerprint density at radius 1 is 1.15 bits per heavy atom. The smallest absolute Gasteiger partial charge is 0.248 e. The molecule has 1 spiro atoms. The number of hydrogen-bond donors (Lipinski definition) is 0. The highest BCUT2D eigenvalue weighted by Gasteiger charge is 2.47. The van der Waals surface area contributed by atoms with Gasteiger partial charge in [-0.25, -0.2) is 0 Å². The Morgan fingerprint density at radius 3 is 2.26 bits per heavy atom. The molecule has 1 aliphatic heterocycles. The number of methoxy groups -OCH3 is 1. The molecular weight excluding hydrogens is 430 g/mol. The molecule has 1 saturated carbocycles. The van der Waals surface area contributed by atoms with Crippen LogP contribution in [0.5, 0.6) is 0 Å². The summed E-state index contributed by atoms with van der Waals surface area (Å²) in [6, 6.07) is 9.51. The van der Waals surface area contributed by atoms with E-state index in [4.69, 9.17) is 10.00 Å². The van der Waals surface area contributed by atoms with Gasteiger partial charge in [-0.15, -0.1) is 0 Å². The van der Waals surface area contributed by atoms with Gasteiger partial charge in [-0.3, -0.25) is 19.4 Å². The van der Waals surface area contributed by atoms with Gasteiger partial charge in [0.1, 0.15) is 30.2 Å². The van der Waals surface area contributed by atoms with E-state index < -0.39 is 5.92 Å². The molecule has 176 valence electrons. The first-order valence-electron chi connectivity index (χ1n) is 11.6. The molecule has 1 aromatic heterocycles. The lowest BCUT2D eigenvalue weighted by Gasteiger charge is -2.44. The minimum Gasteiger partial charge on any atom is -0.375 e. The van der Waals surface area contributed by atoms with Gasteiger partial charge < -0.3 is 9.64 Å². The second kappa shape index (κ2) is 9.47. The van der Waals surface area contributed by atoms with E-state index in [0.717, 1.165) is 27.9 Å². The van der Waals surface area contributed by atoms with Crippen LogP contribution in [0.2, 0.25) is 0 Å². The van der Waals surface area contributed by atoms with Crippen molar-refractivity contribution >= 4 is 17.5 Å². The lowest BCUT2D eigenvalue weighted by molar-refractivity contribution is -0.141. The minimum atomic E-state index is -0.734. The second-order valence-electron chi connectivity index (χ2n) is 9.60. The minimum absolute atomic E-state index is 0.0247. The molecule has 0 N–H and O–H groups in total. The van der Waals surface area contributed by atoms with Crippen molar-refractivity contribution in [3.8, 4) is 17.3 Å². The first-order valence-corrected chi connectivity index (χ1v) is 11.6. The van der Waals surface area contributed by atoms with Crippen LogP contribution in [-0.4, -0.2) is 54.2 Å². The third kappa shape index (κ3) is 4.51. The van der Waals surface area contributed by atoms with E-state index in [1.165, 1.54) is 13.3 Å². The van der Waals surface area contributed by atoms with Crippen molar-refractivity contribution in [1.82, 2.24) is 9.88 Å². The van der Waals surface area contributed by atoms with Gasteiger partial charge >= 0.3 is 0 Å². The van der Waals surface area contributed by atoms with Crippen LogP contribution in [-0.2, 0) is 19.1 Å². The first kappa shape index (κ1) is 23.8. The summed E-state index contributed by atoms with van der Waals surface area (Å²) in [4.78, 5) is 45.0. The lowest BCUT2D eigenvalue weighted by Crippen LogP contribution is -2.49. The summed E-state index contributed by atoms with van der Waals surface area (Å²) in [5.41, 5.74) is 4.37. The summed E-state index contributed by atoms with van der Waals surface area (Å²) in [7, 11) is 1.50. The maximum absolute atomic E-state index is 13.4. The van der Waals surface area contributed by atoms with Crippen LogP contribution in [0.3, 0.4) is 0 Å². The van der Waals surface area contributed by atoms with E-state index in [9.17, 15) is 14.4 Å². The van der Waals surface area contributed by atoms with E-state index in [1.54, 1.807) is 17.0 Å². The number of ketones is 2. The number of benzene rings is 1. The zero-order valence-electron chi connectivity index (χ0n) is 19.9. The molecule has 7 nitrogen and oxygen atoms in total. The van der Waals surface area contributed by atoms with Crippen LogP contribution >= 0.6 is 0 Å². The van der Waals surface area contributed by atoms with E-state index in [0.29, 0.717) is 44.3 Å². The summed E-state index contributed by atoms with van der Waals surface area (Å²) >= 11 is 0. The van der Waals surface area contributed by atoms with Crippen molar-refractivity contribution in [2.45, 2.75) is 45.4 Å². The predicted octanol–water partition coefficient (Wildman–Crippen LogP) is 3.51. The fourth-order valence-electron chi connectivity index (χ4n) is 5.51. The average molecular weight is 460 g/mol. The highest BCUT2D eigenvalue weighted by Crippen LogP contribution is 2.47. The van der Waals surface area contributed by atoms with E-state index >= 15 is 0 Å². The molecular formula is C27H29N3O4. The molecule has 2 fully saturated rings. The molecule has 2 heterocycles. The van der Waals surface area contributed by atoms with Gasteiger partial charge in [0, 0.05) is 44.8 Å². The van der Waals surface area contributed by atoms with Gasteiger partial charge in [0.2, 0.25) is 5.91 Å². The highest BCUT2D eigenvalue weighted by atomic mass is 16.5. The van der Waals surface area contributed by atoms with Crippen LogP contribution in [0.4, 0.5) is 0 Å². The van der Waals surface area contributed by atoms with Gasteiger partial charge in [-0.05, 0) is 73.1 Å². The number of nitriles is 1. The van der Waals surface area contributed by atoms with Gasteiger partial charge in [0.15, 0.2) is 0 Å². The number of amides is 1. The van der Waals surface area contributed by atoms with Crippen molar-refractivity contribution in [1.29, 1.82) is 5.26 Å². The normalized spacial score (nSPS) is 18.2. The molecule has 0 atom stereocenters. The Balaban J connectivity index is 1.53. The van der Waals surface area contributed by atoms with Gasteiger partial charge in [0.05, 0.1) is 11.3 Å². The zero-order valence-corrected chi connectivity index (χ0v) is 19.9. The standard InChI is InChI=1S/C27H29N3O4/c1-17-10-20(21-5-4-19(14-28)15-29-21)11-18(2)25(17)26-22(31)12-27(13-23(26)32)6-8-30(9-7-27)24(33)16-34-3/h4-5,10-11,15,26H,6-9,12-13,16H2,1-3H3. The van der Waals surface area contributed by atoms with Crippen molar-refractivity contribution in [3.05, 3.63) is 52.7 Å². The van der Waals surface area contributed by atoms with Gasteiger partial charge in [-0.1, -0.05) is 0 Å². The van der Waals surface area contributed by atoms with Crippen LogP contribution in [0.1, 0.15) is 53.9 Å². The molecule has 1 amide bonds. The van der Waals surface area contributed by atoms with Crippen LogP contribution in [0, 0.1) is 30.6 Å². The average Bonchev–Trinajstić information content (AvgIpc) is 2.81. The summed E-state index contributed by atoms with van der Waals surface area (Å²) in [5, 5.41) is 8.99. The van der Waals surface area contributed by atoms with Crippen molar-refractivity contribution in [2.24, 2.45) is 5.41 Å². The Bertz CT molecular complexity index is 1130. The summed E-state index contributed by atoms with van der Waals surface area (Å²) in [5.74, 6) is -0.833. The summed E-state index contributed by atoms with van der Waals surface area (Å²) < 4.78 is 4.94. The van der Waals surface area contributed by atoms with Crippen LogP contribution in [0.15, 0.2) is 30.5 Å². The number of likely N-dealkylation sites (tertiary alicyclic amines) is 1. The number of aromatic nitrogens is 1. The number of carbonyl (C=O) groups is 3.